The average molecular weight is 254 g/mol. The first-order chi connectivity index (χ1) is 8.06. The van der Waals surface area contributed by atoms with Crippen LogP contribution in [0.4, 0.5) is 15.8 Å². The molecule has 0 saturated heterocycles. The highest BCUT2D eigenvalue weighted by Gasteiger charge is 2.10. The van der Waals surface area contributed by atoms with E-state index >= 15 is 0 Å². The lowest BCUT2D eigenvalue weighted by atomic mass is 10.2. The third-order valence-corrected chi connectivity index (χ3v) is 2.37. The Morgan fingerprint density at radius 1 is 1.41 bits per heavy atom. The van der Waals surface area contributed by atoms with Gasteiger partial charge in [0.15, 0.2) is 0 Å². The Morgan fingerprint density at radius 3 is 2.82 bits per heavy atom. The number of rotatable bonds is 2. The molecule has 1 heterocycles. The molecule has 0 bridgehead atoms. The largest absolute Gasteiger partial charge is 0.397 e. The smallest absolute Gasteiger partial charge is 0.272 e. The minimum atomic E-state index is -0.473. The normalized spacial score (nSPS) is 10.2. The first-order valence-corrected chi connectivity index (χ1v) is 5.14. The van der Waals surface area contributed by atoms with Crippen LogP contribution in [0.3, 0.4) is 0 Å². The van der Waals surface area contributed by atoms with Gasteiger partial charge < -0.3 is 16.0 Å². The van der Waals surface area contributed by atoms with Crippen LogP contribution in [0.25, 0.3) is 0 Å². The Labute approximate surface area is 102 Å². The van der Waals surface area contributed by atoms with Crippen molar-refractivity contribution in [3.05, 3.63) is 47.0 Å². The van der Waals surface area contributed by atoms with E-state index in [1.165, 1.54) is 24.4 Å². The number of nitrogens with one attached hydrogen (secondary N) is 2. The zero-order valence-electron chi connectivity index (χ0n) is 8.63. The fraction of sp³-hybridized carbons (Fsp3) is 0. The van der Waals surface area contributed by atoms with Gasteiger partial charge in [-0.15, -0.1) is 0 Å². The zero-order valence-corrected chi connectivity index (χ0v) is 9.38. The summed E-state index contributed by atoms with van der Waals surface area (Å²) in [4.78, 5) is 14.4. The number of hydrogen-bond donors (Lipinski definition) is 3. The maximum absolute atomic E-state index is 13.0. The van der Waals surface area contributed by atoms with Gasteiger partial charge in [0.05, 0.1) is 16.4 Å². The lowest BCUT2D eigenvalue weighted by Crippen LogP contribution is -2.13. The van der Waals surface area contributed by atoms with Crippen LogP contribution >= 0.6 is 11.6 Å². The summed E-state index contributed by atoms with van der Waals surface area (Å²) in [5, 5.41) is 2.91. The molecule has 1 amide bonds. The number of carbonyl (C=O) groups excluding carboxylic acids is 1. The molecule has 0 spiro atoms. The lowest BCUT2D eigenvalue weighted by Gasteiger charge is -2.06. The first kappa shape index (κ1) is 11.5. The maximum atomic E-state index is 13.0. The summed E-state index contributed by atoms with van der Waals surface area (Å²) in [6.45, 7) is 0. The molecule has 2 rings (SSSR count). The average Bonchev–Trinajstić information content (AvgIpc) is 2.70. The fourth-order valence-corrected chi connectivity index (χ4v) is 1.49. The third-order valence-electron chi connectivity index (χ3n) is 2.16. The van der Waals surface area contributed by atoms with Crippen LogP contribution in [-0.2, 0) is 0 Å². The summed E-state index contributed by atoms with van der Waals surface area (Å²) in [6.07, 6.45) is 1.48. The van der Waals surface area contributed by atoms with E-state index in [1.807, 2.05) is 0 Å². The summed E-state index contributed by atoms with van der Waals surface area (Å²) in [5.41, 5.74) is 6.39. The molecule has 0 saturated carbocycles. The van der Waals surface area contributed by atoms with Crippen LogP contribution in [0.2, 0.25) is 5.02 Å². The van der Waals surface area contributed by atoms with E-state index in [0.29, 0.717) is 5.02 Å². The Bertz CT molecular complexity index is 568. The number of aromatic nitrogens is 1. The molecule has 0 fully saturated rings. The van der Waals surface area contributed by atoms with E-state index in [-0.39, 0.29) is 17.1 Å². The number of carbonyl (C=O) groups is 1. The van der Waals surface area contributed by atoms with Crippen molar-refractivity contribution in [3.63, 3.8) is 0 Å². The van der Waals surface area contributed by atoms with Crippen LogP contribution in [-0.4, -0.2) is 10.9 Å². The van der Waals surface area contributed by atoms with Crippen LogP contribution in [0.1, 0.15) is 10.5 Å². The minimum Gasteiger partial charge on any atom is -0.397 e. The van der Waals surface area contributed by atoms with Crippen molar-refractivity contribution in [2.45, 2.75) is 0 Å². The molecular weight excluding hydrogens is 245 g/mol. The number of anilines is 2. The van der Waals surface area contributed by atoms with Gasteiger partial charge in [0.2, 0.25) is 0 Å². The Balaban J connectivity index is 2.21. The van der Waals surface area contributed by atoms with Crippen molar-refractivity contribution in [2.24, 2.45) is 0 Å². The van der Waals surface area contributed by atoms with E-state index in [2.05, 4.69) is 10.3 Å². The molecule has 0 aliphatic rings. The van der Waals surface area contributed by atoms with Gasteiger partial charge in [-0.25, -0.2) is 4.39 Å². The number of hydrogen-bond acceptors (Lipinski definition) is 2. The highest BCUT2D eigenvalue weighted by molar-refractivity contribution is 6.31. The topological polar surface area (TPSA) is 70.9 Å². The second-order valence-corrected chi connectivity index (χ2v) is 3.85. The predicted octanol–water partition coefficient (Wildman–Crippen LogP) is 2.64. The van der Waals surface area contributed by atoms with Crippen LogP contribution in [0.5, 0.6) is 0 Å². The summed E-state index contributed by atoms with van der Waals surface area (Å²) in [5.74, 6) is -0.909. The van der Waals surface area contributed by atoms with Gasteiger partial charge in [0.25, 0.3) is 5.91 Å². The number of halogens is 2. The Hall–Kier alpha value is -2.01. The van der Waals surface area contributed by atoms with Gasteiger partial charge in [0.1, 0.15) is 11.5 Å². The Kier molecular flexibility index (Phi) is 3.01. The van der Waals surface area contributed by atoms with Gasteiger partial charge in [-0.2, -0.15) is 0 Å². The number of nitrogens with two attached hydrogens (primary N) is 1. The van der Waals surface area contributed by atoms with Gasteiger partial charge in [0, 0.05) is 6.20 Å². The molecule has 4 nitrogen and oxygen atoms in total. The molecule has 17 heavy (non-hydrogen) atoms. The van der Waals surface area contributed by atoms with Gasteiger partial charge in [-0.3, -0.25) is 4.79 Å². The predicted molar refractivity (Wildman–Crippen MR) is 64.6 cm³/mol. The molecular formula is C11H9ClFN3O. The molecule has 0 atom stereocenters. The van der Waals surface area contributed by atoms with E-state index in [0.717, 1.165) is 6.07 Å². The van der Waals surface area contributed by atoms with Gasteiger partial charge in [-0.1, -0.05) is 11.6 Å². The molecule has 2 aromatic rings. The van der Waals surface area contributed by atoms with Gasteiger partial charge >= 0.3 is 0 Å². The number of nitrogen functional groups attached to an aromatic ring is 1. The highest BCUT2D eigenvalue weighted by Crippen LogP contribution is 2.20. The second-order valence-electron chi connectivity index (χ2n) is 3.42. The first-order valence-electron chi connectivity index (χ1n) is 4.76. The molecule has 0 radical (unpaired) electrons. The van der Waals surface area contributed by atoms with Crippen LogP contribution < -0.4 is 11.1 Å². The van der Waals surface area contributed by atoms with Crippen LogP contribution in [0.15, 0.2) is 30.5 Å². The number of H-pyrrole nitrogens is 1. The van der Waals surface area contributed by atoms with Crippen molar-refractivity contribution in [1.82, 2.24) is 4.98 Å². The van der Waals surface area contributed by atoms with E-state index < -0.39 is 11.7 Å². The number of aromatic amines is 1. The molecule has 4 N–H and O–H groups in total. The SMILES string of the molecule is Nc1ccc(F)cc1NC(=O)c1cc(Cl)c[nH]1. The Morgan fingerprint density at radius 2 is 2.18 bits per heavy atom. The number of benzene rings is 1. The van der Waals surface area contributed by atoms with Crippen molar-refractivity contribution in [2.75, 3.05) is 11.1 Å². The maximum Gasteiger partial charge on any atom is 0.272 e. The number of amides is 1. The second kappa shape index (κ2) is 4.47. The van der Waals surface area contributed by atoms with E-state index in [4.69, 9.17) is 17.3 Å². The van der Waals surface area contributed by atoms with E-state index in [9.17, 15) is 9.18 Å². The van der Waals surface area contributed by atoms with Crippen molar-refractivity contribution < 1.29 is 9.18 Å². The standard InChI is InChI=1S/C11H9ClFN3O/c12-6-3-10(15-5-6)11(17)16-9-4-7(13)1-2-8(9)14/h1-5,15H,14H2,(H,16,17). The summed E-state index contributed by atoms with van der Waals surface area (Å²) in [6, 6.07) is 5.22. The fourth-order valence-electron chi connectivity index (χ4n) is 1.33. The molecule has 0 aliphatic heterocycles. The van der Waals surface area contributed by atoms with Crippen molar-refractivity contribution in [1.29, 1.82) is 0 Å². The molecule has 1 aromatic heterocycles. The van der Waals surface area contributed by atoms with Crippen molar-refractivity contribution in [3.8, 4) is 0 Å². The minimum absolute atomic E-state index is 0.223. The molecule has 1 aromatic carbocycles. The third kappa shape index (κ3) is 2.57. The van der Waals surface area contributed by atoms with Crippen molar-refractivity contribution >= 4 is 28.9 Å². The summed E-state index contributed by atoms with van der Waals surface area (Å²) in [7, 11) is 0. The summed E-state index contributed by atoms with van der Waals surface area (Å²) >= 11 is 5.67. The monoisotopic (exact) mass is 253 g/mol. The molecule has 0 unspecified atom stereocenters. The summed E-state index contributed by atoms with van der Waals surface area (Å²) < 4.78 is 13.0. The van der Waals surface area contributed by atoms with Crippen LogP contribution in [0, 0.1) is 5.82 Å². The van der Waals surface area contributed by atoms with E-state index in [1.54, 1.807) is 0 Å². The molecule has 0 aliphatic carbocycles. The zero-order chi connectivity index (χ0) is 12.4. The lowest BCUT2D eigenvalue weighted by molar-refractivity contribution is 0.102. The highest BCUT2D eigenvalue weighted by atomic mass is 35.5. The molecule has 88 valence electrons. The van der Waals surface area contributed by atoms with Gasteiger partial charge in [-0.05, 0) is 24.3 Å². The molecule has 6 heteroatoms. The quantitative estimate of drug-likeness (QED) is 0.720.